The quantitative estimate of drug-likeness (QED) is 0.815. The maximum atomic E-state index is 12.8. The van der Waals surface area contributed by atoms with E-state index in [4.69, 9.17) is 0 Å². The molecule has 2 aromatic rings. The molecule has 19 heavy (non-hydrogen) atoms. The molecule has 0 spiro atoms. The molecule has 0 unspecified atom stereocenters. The second-order valence-electron chi connectivity index (χ2n) is 4.85. The van der Waals surface area contributed by atoms with Crippen LogP contribution in [0.3, 0.4) is 0 Å². The highest BCUT2D eigenvalue weighted by atomic mass is 31.2. The SMILES string of the molecule is C[C@@H](c1ccccc1)P(=O)(O)[C@@H](C)c1ccccc1. The summed E-state index contributed by atoms with van der Waals surface area (Å²) in [5, 5.41) is 0. The third-order valence-corrected chi connectivity index (χ3v) is 6.49. The van der Waals surface area contributed by atoms with Crippen LogP contribution in [0.25, 0.3) is 0 Å². The first-order chi connectivity index (χ1) is 9.03. The highest BCUT2D eigenvalue weighted by Crippen LogP contribution is 2.65. The monoisotopic (exact) mass is 274 g/mol. The van der Waals surface area contributed by atoms with Gasteiger partial charge in [0.1, 0.15) is 0 Å². The van der Waals surface area contributed by atoms with Crippen molar-refractivity contribution in [3.05, 3.63) is 71.8 Å². The van der Waals surface area contributed by atoms with Crippen LogP contribution in [0.4, 0.5) is 0 Å². The third-order valence-electron chi connectivity index (χ3n) is 3.67. The van der Waals surface area contributed by atoms with Gasteiger partial charge in [0.05, 0.1) is 11.3 Å². The summed E-state index contributed by atoms with van der Waals surface area (Å²) in [6.45, 7) is 3.66. The first kappa shape index (κ1) is 14.0. The smallest absolute Gasteiger partial charge is 0.214 e. The van der Waals surface area contributed by atoms with Crippen LogP contribution in [-0.2, 0) is 4.57 Å². The Hall–Kier alpha value is -1.37. The molecule has 0 saturated carbocycles. The molecule has 0 aliphatic carbocycles. The summed E-state index contributed by atoms with van der Waals surface area (Å²) in [4.78, 5) is 10.5. The normalized spacial score (nSPS) is 14.9. The molecular formula is C16H19O2P. The van der Waals surface area contributed by atoms with E-state index in [0.717, 1.165) is 11.1 Å². The fourth-order valence-electron chi connectivity index (χ4n) is 2.23. The molecule has 0 aromatic heterocycles. The number of hydrogen-bond acceptors (Lipinski definition) is 1. The summed E-state index contributed by atoms with van der Waals surface area (Å²) in [7, 11) is -3.32. The fourth-order valence-corrected chi connectivity index (χ4v) is 4.10. The van der Waals surface area contributed by atoms with Gasteiger partial charge in [0.15, 0.2) is 0 Å². The van der Waals surface area contributed by atoms with Crippen molar-refractivity contribution < 1.29 is 9.46 Å². The second kappa shape index (κ2) is 5.73. The predicted molar refractivity (Wildman–Crippen MR) is 79.5 cm³/mol. The van der Waals surface area contributed by atoms with Gasteiger partial charge in [-0.05, 0) is 25.0 Å². The fraction of sp³-hybridized carbons (Fsp3) is 0.250. The molecule has 100 valence electrons. The maximum absolute atomic E-state index is 12.8. The van der Waals surface area contributed by atoms with E-state index in [-0.39, 0.29) is 11.3 Å². The topological polar surface area (TPSA) is 37.3 Å². The molecule has 0 aliphatic rings. The first-order valence-corrected chi connectivity index (χ1v) is 8.25. The van der Waals surface area contributed by atoms with Crippen LogP contribution >= 0.6 is 7.37 Å². The Morgan fingerprint density at radius 1 is 0.789 bits per heavy atom. The molecule has 2 nitrogen and oxygen atoms in total. The van der Waals surface area contributed by atoms with Crippen LogP contribution in [0.2, 0.25) is 0 Å². The van der Waals surface area contributed by atoms with Gasteiger partial charge in [-0.25, -0.2) is 0 Å². The molecule has 0 amide bonds. The van der Waals surface area contributed by atoms with Crippen molar-refractivity contribution in [2.24, 2.45) is 0 Å². The molecule has 1 N–H and O–H groups in total. The summed E-state index contributed by atoms with van der Waals surface area (Å²) in [6, 6.07) is 19.1. The number of rotatable bonds is 4. The zero-order valence-electron chi connectivity index (χ0n) is 11.2. The zero-order chi connectivity index (χ0) is 13.9. The van der Waals surface area contributed by atoms with Crippen LogP contribution in [0.15, 0.2) is 60.7 Å². The molecule has 0 saturated heterocycles. The summed E-state index contributed by atoms with van der Waals surface area (Å²) in [5.74, 6) is 0. The van der Waals surface area contributed by atoms with Gasteiger partial charge in [-0.3, -0.25) is 4.57 Å². The third kappa shape index (κ3) is 2.97. The van der Waals surface area contributed by atoms with Crippen LogP contribution in [0.1, 0.15) is 36.3 Å². The van der Waals surface area contributed by atoms with E-state index >= 15 is 0 Å². The Balaban J connectivity index is 2.30. The molecule has 0 fully saturated rings. The van der Waals surface area contributed by atoms with Crippen LogP contribution in [-0.4, -0.2) is 4.89 Å². The van der Waals surface area contributed by atoms with E-state index in [2.05, 4.69) is 0 Å². The lowest BCUT2D eigenvalue weighted by molar-refractivity contribution is 0.456. The van der Waals surface area contributed by atoms with Crippen LogP contribution < -0.4 is 0 Å². The maximum Gasteiger partial charge on any atom is 0.214 e. The van der Waals surface area contributed by atoms with Gasteiger partial charge in [0, 0.05) is 0 Å². The Labute approximate surface area is 114 Å². The Morgan fingerprint density at radius 3 is 1.42 bits per heavy atom. The van der Waals surface area contributed by atoms with E-state index in [0.29, 0.717) is 0 Å². The van der Waals surface area contributed by atoms with E-state index in [1.54, 1.807) is 0 Å². The number of benzene rings is 2. The minimum absolute atomic E-state index is 0.357. The highest BCUT2D eigenvalue weighted by molar-refractivity contribution is 7.58. The molecule has 0 aliphatic heterocycles. The highest BCUT2D eigenvalue weighted by Gasteiger charge is 2.35. The summed E-state index contributed by atoms with van der Waals surface area (Å²) >= 11 is 0. The second-order valence-corrected chi connectivity index (χ2v) is 7.74. The Bertz CT molecular complexity index is 516. The summed E-state index contributed by atoms with van der Waals surface area (Å²) in [6.07, 6.45) is 0. The molecule has 0 heterocycles. The van der Waals surface area contributed by atoms with Gasteiger partial charge in [-0.15, -0.1) is 0 Å². The van der Waals surface area contributed by atoms with Gasteiger partial charge in [-0.1, -0.05) is 60.7 Å². The van der Waals surface area contributed by atoms with Crippen molar-refractivity contribution in [1.82, 2.24) is 0 Å². The van der Waals surface area contributed by atoms with Crippen molar-refractivity contribution in [1.29, 1.82) is 0 Å². The van der Waals surface area contributed by atoms with Gasteiger partial charge in [-0.2, -0.15) is 0 Å². The van der Waals surface area contributed by atoms with E-state index in [1.807, 2.05) is 74.5 Å². The Morgan fingerprint density at radius 2 is 1.11 bits per heavy atom. The molecule has 3 heteroatoms. The molecule has 2 aromatic carbocycles. The molecule has 2 atom stereocenters. The minimum Gasteiger partial charge on any atom is -0.343 e. The average molecular weight is 274 g/mol. The van der Waals surface area contributed by atoms with Gasteiger partial charge >= 0.3 is 0 Å². The van der Waals surface area contributed by atoms with E-state index < -0.39 is 7.37 Å². The molecule has 0 radical (unpaired) electrons. The van der Waals surface area contributed by atoms with Crippen molar-refractivity contribution in [3.8, 4) is 0 Å². The molecule has 2 rings (SSSR count). The van der Waals surface area contributed by atoms with Crippen LogP contribution in [0.5, 0.6) is 0 Å². The van der Waals surface area contributed by atoms with Gasteiger partial charge < -0.3 is 4.89 Å². The molecular weight excluding hydrogens is 255 g/mol. The standard InChI is InChI=1S/C16H19O2P/c1-13(15-9-5-3-6-10-15)19(17,18)14(2)16-11-7-4-8-12-16/h3-14H,1-2H3,(H,17,18)/t13-,14-/m0/s1. The van der Waals surface area contributed by atoms with Crippen LogP contribution in [0, 0.1) is 0 Å². The minimum atomic E-state index is -3.32. The molecule has 0 bridgehead atoms. The lowest BCUT2D eigenvalue weighted by atomic mass is 10.2. The van der Waals surface area contributed by atoms with Crippen molar-refractivity contribution in [2.45, 2.75) is 25.2 Å². The Kier molecular flexibility index (Phi) is 4.24. The zero-order valence-corrected chi connectivity index (χ0v) is 12.1. The van der Waals surface area contributed by atoms with E-state index in [9.17, 15) is 9.46 Å². The van der Waals surface area contributed by atoms with Crippen molar-refractivity contribution in [3.63, 3.8) is 0 Å². The van der Waals surface area contributed by atoms with Gasteiger partial charge in [0.25, 0.3) is 0 Å². The summed E-state index contributed by atoms with van der Waals surface area (Å²) < 4.78 is 12.8. The van der Waals surface area contributed by atoms with Gasteiger partial charge in [0.2, 0.25) is 7.37 Å². The lowest BCUT2D eigenvalue weighted by Gasteiger charge is -2.25. The predicted octanol–water partition coefficient (Wildman–Crippen LogP) is 4.78. The van der Waals surface area contributed by atoms with Crippen molar-refractivity contribution >= 4 is 7.37 Å². The summed E-state index contributed by atoms with van der Waals surface area (Å²) in [5.41, 5.74) is 1.11. The average Bonchev–Trinajstić information content (AvgIpc) is 2.47. The first-order valence-electron chi connectivity index (χ1n) is 6.45. The lowest BCUT2D eigenvalue weighted by Crippen LogP contribution is -2.03. The van der Waals surface area contributed by atoms with Crippen molar-refractivity contribution in [2.75, 3.05) is 0 Å². The largest absolute Gasteiger partial charge is 0.343 e. The number of hydrogen-bond donors (Lipinski definition) is 1. The van der Waals surface area contributed by atoms with E-state index in [1.165, 1.54) is 0 Å².